The fourth-order valence-electron chi connectivity index (χ4n) is 0. The van der Waals surface area contributed by atoms with Gasteiger partial charge in [0.15, 0.2) is 0 Å². The van der Waals surface area contributed by atoms with E-state index >= 15 is 0 Å². The molecule has 0 bridgehead atoms. The van der Waals surface area contributed by atoms with Crippen molar-refractivity contribution in [2.45, 2.75) is 0 Å². The van der Waals surface area contributed by atoms with Crippen molar-refractivity contribution in [1.29, 1.82) is 0 Å². The molecule has 0 fully saturated rings. The fourth-order valence-corrected chi connectivity index (χ4v) is 0. The predicted octanol–water partition coefficient (Wildman–Crippen LogP) is -11.1. The third-order valence-corrected chi connectivity index (χ3v) is 0. The van der Waals surface area contributed by atoms with Gasteiger partial charge < -0.3 is 47.5 Å². The van der Waals surface area contributed by atoms with Crippen molar-refractivity contribution in [2.75, 3.05) is 0 Å². The molecule has 0 aliphatic heterocycles. The molecular weight excluding hydrogens is 277 g/mol. The van der Waals surface area contributed by atoms with Gasteiger partial charge in [-0.3, -0.25) is 0 Å². The first-order valence-corrected chi connectivity index (χ1v) is 4.69. The molecule has 13 heteroatoms. The number of hydrogen-bond acceptors (Lipinski definition) is 7. The van der Waals surface area contributed by atoms with E-state index in [9.17, 15) is 0 Å². The minimum Gasteiger partial charge on any atom is -0.894 e. The second-order valence-electron chi connectivity index (χ2n) is 0.969. The maximum atomic E-state index is 8.66. The van der Waals surface area contributed by atoms with Crippen LogP contribution in [0.2, 0.25) is 0 Å². The normalized spacial score (nSPS) is 9.15. The first-order chi connectivity index (χ1) is 4.00. The van der Waals surface area contributed by atoms with Crippen molar-refractivity contribution in [3.05, 3.63) is 0 Å². The molecule has 0 rings (SSSR count). The Kier molecular flexibility index (Phi) is 29.8. The van der Waals surface area contributed by atoms with Crippen LogP contribution in [0.15, 0.2) is 0 Å². The standard InChI is InChI=1S/Al.Ca.Na.H3O4P.O4Si/c;;;2*1-5(2,3)4/h;;;(H3,1,2,3,4);/q+3;+2;+1;;-4/p-2. The van der Waals surface area contributed by atoms with Gasteiger partial charge in [-0.1, -0.05) is 0 Å². The van der Waals surface area contributed by atoms with Crippen LogP contribution in [0.25, 0.3) is 0 Å². The molecule has 0 saturated carbocycles. The Balaban J connectivity index is -0.0000000267. The minimum absolute atomic E-state index is 0. The molecule has 0 aromatic heterocycles. The summed E-state index contributed by atoms with van der Waals surface area (Å²) in [5.74, 6) is 0. The Bertz CT molecular complexity index is 116. The molecular formula is HAlCaNaO8PSi. The molecule has 0 amide bonds. The summed E-state index contributed by atoms with van der Waals surface area (Å²) in [5, 5.41) is 0. The average Bonchev–Trinajstić information content (AvgIpc) is 1.12. The third kappa shape index (κ3) is 287. The first kappa shape index (κ1) is 29.7. The van der Waals surface area contributed by atoms with Gasteiger partial charge in [0.1, 0.15) is 0 Å². The Hall–Kier alpha value is 2.96. The maximum absolute atomic E-state index is 8.66. The van der Waals surface area contributed by atoms with Crippen LogP contribution in [0.5, 0.6) is 0 Å². The Morgan fingerprint density at radius 3 is 1.08 bits per heavy atom. The van der Waals surface area contributed by atoms with Crippen molar-refractivity contribution < 1.29 is 68.0 Å². The van der Waals surface area contributed by atoms with Crippen LogP contribution in [0.4, 0.5) is 0 Å². The molecule has 0 unspecified atom stereocenters. The molecule has 13 heavy (non-hydrogen) atoms. The van der Waals surface area contributed by atoms with Gasteiger partial charge in [-0.05, 0) is 0 Å². The molecule has 0 aromatic rings. The molecule has 64 valence electrons. The van der Waals surface area contributed by atoms with Crippen LogP contribution in [0, 0.1) is 0 Å². The van der Waals surface area contributed by atoms with Crippen molar-refractivity contribution in [2.24, 2.45) is 0 Å². The monoisotopic (exact) mass is 278 g/mol. The molecule has 0 radical (unpaired) electrons. The third-order valence-electron chi connectivity index (χ3n) is 0. The summed E-state index contributed by atoms with van der Waals surface area (Å²) < 4.78 is 8.66. The van der Waals surface area contributed by atoms with Gasteiger partial charge in [0.05, 0.1) is 7.82 Å². The Morgan fingerprint density at radius 1 is 1.08 bits per heavy atom. The average molecular weight is 278 g/mol. The summed E-state index contributed by atoms with van der Waals surface area (Å²) >= 11 is 0. The topological polar surface area (TPSA) is 176 Å². The van der Waals surface area contributed by atoms with Crippen LogP contribution < -0.4 is 58.5 Å². The van der Waals surface area contributed by atoms with Gasteiger partial charge in [-0.2, -0.15) is 0 Å². The predicted molar refractivity (Wildman–Crippen MR) is 27.1 cm³/mol. The van der Waals surface area contributed by atoms with Crippen molar-refractivity contribution in [3.8, 4) is 0 Å². The van der Waals surface area contributed by atoms with Gasteiger partial charge >= 0.3 is 84.7 Å². The molecule has 0 spiro atoms. The fraction of sp³-hybridized carbons (Fsp3) is 0. The van der Waals surface area contributed by atoms with E-state index in [-0.39, 0.29) is 84.7 Å². The molecule has 0 atom stereocenters. The van der Waals surface area contributed by atoms with E-state index < -0.39 is 16.9 Å². The van der Waals surface area contributed by atoms with E-state index in [1.807, 2.05) is 0 Å². The summed E-state index contributed by atoms with van der Waals surface area (Å²) in [6.07, 6.45) is 0. The van der Waals surface area contributed by atoms with Crippen molar-refractivity contribution in [3.63, 3.8) is 0 Å². The van der Waals surface area contributed by atoms with Gasteiger partial charge in [0.2, 0.25) is 0 Å². The van der Waals surface area contributed by atoms with E-state index in [2.05, 4.69) is 0 Å². The molecule has 0 heterocycles. The van der Waals surface area contributed by atoms with Crippen LogP contribution >= 0.6 is 7.82 Å². The van der Waals surface area contributed by atoms with Crippen LogP contribution in [-0.2, 0) is 4.57 Å². The zero-order chi connectivity index (χ0) is 9.00. The molecule has 1 N–H and O–H groups in total. The molecule has 0 saturated heterocycles. The van der Waals surface area contributed by atoms with E-state index in [4.69, 9.17) is 38.4 Å². The quantitative estimate of drug-likeness (QED) is 0.335. The molecule has 0 aliphatic rings. The largest absolute Gasteiger partial charge is 3.00 e. The van der Waals surface area contributed by atoms with Gasteiger partial charge in [-0.25, -0.2) is 0 Å². The summed E-state index contributed by atoms with van der Waals surface area (Å²) in [7, 11) is -10.8. The van der Waals surface area contributed by atoms with Gasteiger partial charge in [0, 0.05) is 0 Å². The van der Waals surface area contributed by atoms with Crippen molar-refractivity contribution >= 4 is 72.0 Å². The second-order valence-corrected chi connectivity index (χ2v) is 2.91. The molecule has 0 aliphatic carbocycles. The van der Waals surface area contributed by atoms with E-state index in [0.29, 0.717) is 0 Å². The second kappa shape index (κ2) is 13.0. The zero-order valence-corrected chi connectivity index (χ0v) is 13.8. The Labute approximate surface area is 138 Å². The number of hydrogen-bond donors (Lipinski definition) is 1. The SMILES string of the molecule is O=P([O-])([O-])O.[Al+3].[Ca+2].[Na+].[O-][Si]([O-])([O-])[O-]. The van der Waals surface area contributed by atoms with Crippen LogP contribution in [0.1, 0.15) is 0 Å². The maximum Gasteiger partial charge on any atom is 3.00 e. The summed E-state index contributed by atoms with van der Waals surface area (Å²) in [4.78, 5) is 58.6. The van der Waals surface area contributed by atoms with E-state index in [0.717, 1.165) is 0 Å². The summed E-state index contributed by atoms with van der Waals surface area (Å²) in [6, 6.07) is 0. The van der Waals surface area contributed by atoms with Gasteiger partial charge in [0.25, 0.3) is 0 Å². The molecule has 8 nitrogen and oxygen atoms in total. The number of phosphoric acid groups is 1. The number of rotatable bonds is 0. The first-order valence-electron chi connectivity index (χ1n) is 1.56. The molecule has 0 aromatic carbocycles. The smallest absolute Gasteiger partial charge is 0.894 e. The minimum atomic E-state index is -5.61. The van der Waals surface area contributed by atoms with Gasteiger partial charge in [-0.15, -0.1) is 0 Å². The van der Waals surface area contributed by atoms with E-state index in [1.54, 1.807) is 0 Å². The van der Waals surface area contributed by atoms with Crippen LogP contribution in [0.3, 0.4) is 0 Å². The Morgan fingerprint density at radius 2 is 1.08 bits per heavy atom. The summed E-state index contributed by atoms with van der Waals surface area (Å²) in [6.45, 7) is 0. The van der Waals surface area contributed by atoms with E-state index in [1.165, 1.54) is 0 Å². The summed E-state index contributed by atoms with van der Waals surface area (Å²) in [5.41, 5.74) is 0. The van der Waals surface area contributed by atoms with Crippen molar-refractivity contribution in [1.82, 2.24) is 0 Å². The van der Waals surface area contributed by atoms with Crippen LogP contribution in [-0.4, -0.2) is 69.0 Å². The zero-order valence-electron chi connectivity index (χ0n) is 6.54.